The molecule has 1 aliphatic heterocycles. The zero-order valence-electron chi connectivity index (χ0n) is 20.2. The summed E-state index contributed by atoms with van der Waals surface area (Å²) in [4.78, 5) is 12.8. The highest BCUT2D eigenvalue weighted by Crippen LogP contribution is 2.32. The summed E-state index contributed by atoms with van der Waals surface area (Å²) in [5.41, 5.74) is 4.39. The Hall–Kier alpha value is -2.87. The maximum atomic E-state index is 12.8. The van der Waals surface area contributed by atoms with Gasteiger partial charge in [0.05, 0.1) is 23.8 Å². The molecular weight excluding hydrogens is 432 g/mol. The molecule has 2 heterocycles. The van der Waals surface area contributed by atoms with Gasteiger partial charge in [0.1, 0.15) is 18.5 Å². The second-order valence-electron chi connectivity index (χ2n) is 8.79. The Morgan fingerprint density at radius 2 is 2.03 bits per heavy atom. The zero-order valence-corrected chi connectivity index (χ0v) is 20.2. The molecule has 34 heavy (non-hydrogen) atoms. The molecule has 0 bridgehead atoms. The first-order valence-electron chi connectivity index (χ1n) is 12.0. The molecular formula is C27H34N2O5. The molecule has 1 aromatic heterocycles. The molecule has 3 aromatic rings. The Morgan fingerprint density at radius 1 is 1.24 bits per heavy atom. The zero-order chi connectivity index (χ0) is 24.1. The lowest BCUT2D eigenvalue weighted by Crippen LogP contribution is -2.35. The lowest BCUT2D eigenvalue weighted by Gasteiger charge is -2.15. The molecule has 0 saturated carbocycles. The van der Waals surface area contributed by atoms with Crippen molar-refractivity contribution in [2.75, 3.05) is 32.9 Å². The van der Waals surface area contributed by atoms with Crippen molar-refractivity contribution in [2.24, 2.45) is 0 Å². The van der Waals surface area contributed by atoms with E-state index < -0.39 is 6.10 Å². The van der Waals surface area contributed by atoms with Gasteiger partial charge in [0.15, 0.2) is 0 Å². The smallest absolute Gasteiger partial charge is 0.340 e. The third kappa shape index (κ3) is 5.43. The average Bonchev–Trinajstić information content (AvgIpc) is 3.43. The van der Waals surface area contributed by atoms with E-state index in [1.807, 2.05) is 44.2 Å². The molecule has 2 atom stereocenters. The number of fused-ring (bicyclic) bond motifs is 1. The molecule has 0 radical (unpaired) electrons. The summed E-state index contributed by atoms with van der Waals surface area (Å²) in [5.74, 6) is 0.239. The van der Waals surface area contributed by atoms with Gasteiger partial charge in [-0.3, -0.25) is 0 Å². The number of nitrogens with zero attached hydrogens (tertiary/aromatic N) is 1. The molecule has 0 aliphatic carbocycles. The van der Waals surface area contributed by atoms with Crippen molar-refractivity contribution >= 4 is 16.9 Å². The maximum absolute atomic E-state index is 12.8. The SMILES string of the molecule is CCOC(=O)c1c(C)n(-c2ccc(C)cc2)c2ccc(OC[C@@H](O)CNC[C@@H]3CCCO3)cc12. The minimum absolute atomic E-state index is 0.149. The number of nitrogens with one attached hydrogen (secondary N) is 1. The Morgan fingerprint density at radius 3 is 2.74 bits per heavy atom. The Bertz CT molecular complexity index is 1120. The minimum atomic E-state index is -0.652. The number of carbonyl (C=O) groups is 1. The number of aliphatic hydroxyl groups excluding tert-OH is 1. The van der Waals surface area contributed by atoms with Crippen LogP contribution in [-0.2, 0) is 9.47 Å². The molecule has 182 valence electrons. The summed E-state index contributed by atoms with van der Waals surface area (Å²) in [6, 6.07) is 13.9. The van der Waals surface area contributed by atoms with Gasteiger partial charge in [-0.25, -0.2) is 4.79 Å². The van der Waals surface area contributed by atoms with E-state index in [0.717, 1.165) is 48.3 Å². The highest BCUT2D eigenvalue weighted by molar-refractivity contribution is 6.07. The number of carbonyl (C=O) groups excluding carboxylic acids is 1. The fraction of sp³-hybridized carbons (Fsp3) is 0.444. The standard InChI is InChI=1S/C27H34N2O5/c1-4-32-27(31)26-19(3)29(20-9-7-18(2)8-10-20)25-12-11-22(14-24(25)26)34-17-21(30)15-28-16-23-6-5-13-33-23/h7-12,14,21,23,28,30H,4-6,13,15-17H2,1-3H3/t21-,23-/m0/s1. The number of esters is 1. The largest absolute Gasteiger partial charge is 0.491 e. The second-order valence-corrected chi connectivity index (χ2v) is 8.79. The van der Waals surface area contributed by atoms with Crippen molar-refractivity contribution in [3.05, 3.63) is 59.3 Å². The van der Waals surface area contributed by atoms with Gasteiger partial charge in [-0.05, 0) is 63.9 Å². The molecule has 0 amide bonds. The summed E-state index contributed by atoms with van der Waals surface area (Å²) in [5, 5.41) is 14.3. The summed E-state index contributed by atoms with van der Waals surface area (Å²) < 4.78 is 18.9. The van der Waals surface area contributed by atoms with Crippen LogP contribution in [0.4, 0.5) is 0 Å². The third-order valence-electron chi connectivity index (χ3n) is 6.17. The molecule has 2 aromatic carbocycles. The summed E-state index contributed by atoms with van der Waals surface area (Å²) in [6.07, 6.45) is 1.74. The summed E-state index contributed by atoms with van der Waals surface area (Å²) >= 11 is 0. The Balaban J connectivity index is 1.53. The van der Waals surface area contributed by atoms with E-state index in [0.29, 0.717) is 24.5 Å². The van der Waals surface area contributed by atoms with Gasteiger partial charge >= 0.3 is 5.97 Å². The minimum Gasteiger partial charge on any atom is -0.491 e. The van der Waals surface area contributed by atoms with Crippen LogP contribution in [0.25, 0.3) is 16.6 Å². The lowest BCUT2D eigenvalue weighted by atomic mass is 10.1. The molecule has 4 rings (SSSR count). The molecule has 1 fully saturated rings. The van der Waals surface area contributed by atoms with Crippen LogP contribution in [0.3, 0.4) is 0 Å². The predicted octanol–water partition coefficient (Wildman–Crippen LogP) is 3.93. The van der Waals surface area contributed by atoms with Crippen LogP contribution in [0.1, 0.15) is 41.4 Å². The second kappa shape index (κ2) is 11.0. The fourth-order valence-corrected chi connectivity index (χ4v) is 4.44. The number of hydrogen-bond donors (Lipinski definition) is 2. The van der Waals surface area contributed by atoms with Crippen molar-refractivity contribution in [1.29, 1.82) is 0 Å². The van der Waals surface area contributed by atoms with Gasteiger partial charge in [-0.15, -0.1) is 0 Å². The van der Waals surface area contributed by atoms with E-state index >= 15 is 0 Å². The number of rotatable bonds is 10. The van der Waals surface area contributed by atoms with Crippen molar-refractivity contribution in [2.45, 2.75) is 45.8 Å². The number of aliphatic hydroxyl groups is 1. The quantitative estimate of drug-likeness (QED) is 0.441. The van der Waals surface area contributed by atoms with Crippen molar-refractivity contribution in [1.82, 2.24) is 9.88 Å². The van der Waals surface area contributed by atoms with Gasteiger partial charge in [0.2, 0.25) is 0 Å². The van der Waals surface area contributed by atoms with E-state index in [-0.39, 0.29) is 18.7 Å². The van der Waals surface area contributed by atoms with Gasteiger partial charge < -0.3 is 29.2 Å². The Kier molecular flexibility index (Phi) is 7.88. The topological polar surface area (TPSA) is 82.0 Å². The maximum Gasteiger partial charge on any atom is 0.340 e. The van der Waals surface area contributed by atoms with Gasteiger partial charge in [0, 0.05) is 36.5 Å². The van der Waals surface area contributed by atoms with E-state index in [1.165, 1.54) is 5.56 Å². The lowest BCUT2D eigenvalue weighted by molar-refractivity contribution is 0.0527. The predicted molar refractivity (Wildman–Crippen MR) is 132 cm³/mol. The van der Waals surface area contributed by atoms with Crippen LogP contribution < -0.4 is 10.1 Å². The first kappa shape index (κ1) is 24.3. The van der Waals surface area contributed by atoms with Crippen molar-refractivity contribution in [3.8, 4) is 11.4 Å². The van der Waals surface area contributed by atoms with E-state index in [1.54, 1.807) is 6.92 Å². The molecule has 1 saturated heterocycles. The molecule has 1 aliphatic rings. The molecule has 0 spiro atoms. The number of aryl methyl sites for hydroxylation is 1. The van der Waals surface area contributed by atoms with Crippen LogP contribution >= 0.6 is 0 Å². The summed E-state index contributed by atoms with van der Waals surface area (Å²) in [6.45, 7) is 8.21. The monoisotopic (exact) mass is 466 g/mol. The van der Waals surface area contributed by atoms with Gasteiger partial charge in [0.25, 0.3) is 0 Å². The van der Waals surface area contributed by atoms with E-state index in [9.17, 15) is 9.90 Å². The normalized spacial score (nSPS) is 16.6. The van der Waals surface area contributed by atoms with Gasteiger partial charge in [-0.2, -0.15) is 0 Å². The van der Waals surface area contributed by atoms with Gasteiger partial charge in [-0.1, -0.05) is 17.7 Å². The van der Waals surface area contributed by atoms with Crippen LogP contribution in [0.2, 0.25) is 0 Å². The molecule has 2 N–H and O–H groups in total. The highest BCUT2D eigenvalue weighted by atomic mass is 16.5. The number of aromatic nitrogens is 1. The Labute approximate surface area is 200 Å². The number of hydrogen-bond acceptors (Lipinski definition) is 6. The van der Waals surface area contributed by atoms with E-state index in [2.05, 4.69) is 22.0 Å². The number of ether oxygens (including phenoxy) is 3. The van der Waals surface area contributed by atoms with Crippen LogP contribution in [0.5, 0.6) is 5.75 Å². The van der Waals surface area contributed by atoms with Crippen molar-refractivity contribution in [3.63, 3.8) is 0 Å². The summed E-state index contributed by atoms with van der Waals surface area (Å²) in [7, 11) is 0. The van der Waals surface area contributed by atoms with Crippen LogP contribution in [0, 0.1) is 13.8 Å². The highest BCUT2D eigenvalue weighted by Gasteiger charge is 2.22. The third-order valence-corrected chi connectivity index (χ3v) is 6.17. The van der Waals surface area contributed by atoms with Crippen molar-refractivity contribution < 1.29 is 24.1 Å². The average molecular weight is 467 g/mol. The van der Waals surface area contributed by atoms with E-state index in [4.69, 9.17) is 14.2 Å². The number of benzene rings is 2. The van der Waals surface area contributed by atoms with Crippen LogP contribution in [0.15, 0.2) is 42.5 Å². The molecule has 7 nitrogen and oxygen atoms in total. The molecule has 0 unspecified atom stereocenters. The van der Waals surface area contributed by atoms with Crippen LogP contribution in [-0.4, -0.2) is 60.8 Å². The molecule has 7 heteroatoms. The first-order valence-corrected chi connectivity index (χ1v) is 12.0. The fourth-order valence-electron chi connectivity index (χ4n) is 4.44. The first-order chi connectivity index (χ1) is 16.5.